The van der Waals surface area contributed by atoms with Crippen LogP contribution in [0.15, 0.2) is 46.4 Å². The highest BCUT2D eigenvalue weighted by molar-refractivity contribution is 7.14. The van der Waals surface area contributed by atoms with Crippen LogP contribution in [0, 0.1) is 12.7 Å². The molecule has 136 valence electrons. The quantitative estimate of drug-likeness (QED) is 0.494. The molecule has 27 heavy (non-hydrogen) atoms. The van der Waals surface area contributed by atoms with Crippen LogP contribution in [0.1, 0.15) is 16.1 Å². The minimum atomic E-state index is -0.590. The van der Waals surface area contributed by atoms with E-state index < -0.39 is 11.7 Å². The molecular weight excluding hydrogens is 391 g/mol. The molecule has 0 saturated carbocycles. The van der Waals surface area contributed by atoms with Crippen molar-refractivity contribution in [3.05, 3.63) is 64.1 Å². The summed E-state index contributed by atoms with van der Waals surface area (Å²) < 4.78 is 19.4. The molecule has 0 aliphatic heterocycles. The average molecular weight is 403 g/mol. The second-order valence-electron chi connectivity index (χ2n) is 5.63. The zero-order chi connectivity index (χ0) is 19.0. The molecule has 3 aromatic heterocycles. The molecule has 0 fully saturated rings. The summed E-state index contributed by atoms with van der Waals surface area (Å²) in [5.74, 6) is -0.841. The zero-order valence-corrected chi connectivity index (χ0v) is 15.5. The van der Waals surface area contributed by atoms with Gasteiger partial charge < -0.3 is 9.51 Å². The Balaban J connectivity index is 1.66. The number of aromatic amines is 1. The topological polar surface area (TPSA) is 83.8 Å². The number of anilines is 1. The number of amides is 1. The van der Waals surface area contributed by atoms with Gasteiger partial charge in [0.25, 0.3) is 5.91 Å². The Labute approximate surface area is 162 Å². The van der Waals surface area contributed by atoms with E-state index in [1.165, 1.54) is 29.5 Å². The molecule has 4 rings (SSSR count). The summed E-state index contributed by atoms with van der Waals surface area (Å²) in [4.78, 5) is 20.2. The summed E-state index contributed by atoms with van der Waals surface area (Å²) in [5, 5.41) is 8.89. The number of carbonyl (C=O) groups is 1. The van der Waals surface area contributed by atoms with Gasteiger partial charge in [-0.05, 0) is 31.2 Å². The summed E-state index contributed by atoms with van der Waals surface area (Å²) in [6.07, 6.45) is 1.79. The predicted molar refractivity (Wildman–Crippen MR) is 101 cm³/mol. The van der Waals surface area contributed by atoms with Gasteiger partial charge in [0.1, 0.15) is 22.8 Å². The zero-order valence-electron chi connectivity index (χ0n) is 13.9. The molecule has 1 amide bonds. The molecule has 0 radical (unpaired) electrons. The van der Waals surface area contributed by atoms with Crippen molar-refractivity contribution in [1.82, 2.24) is 15.1 Å². The molecule has 6 nitrogen and oxygen atoms in total. The number of halogens is 2. The van der Waals surface area contributed by atoms with Crippen LogP contribution in [0.25, 0.3) is 22.6 Å². The van der Waals surface area contributed by atoms with Gasteiger partial charge in [0, 0.05) is 11.6 Å². The normalized spacial score (nSPS) is 10.9. The Kier molecular flexibility index (Phi) is 4.51. The van der Waals surface area contributed by atoms with Gasteiger partial charge in [-0.1, -0.05) is 22.8 Å². The fourth-order valence-electron chi connectivity index (χ4n) is 2.64. The van der Waals surface area contributed by atoms with Crippen LogP contribution in [0.2, 0.25) is 5.02 Å². The first-order chi connectivity index (χ1) is 13.0. The Morgan fingerprint density at radius 3 is 2.93 bits per heavy atom. The third kappa shape index (κ3) is 3.24. The largest absolute Gasteiger partial charge is 0.360 e. The third-order valence-corrected chi connectivity index (χ3v) is 4.96. The number of aromatic nitrogens is 3. The highest BCUT2D eigenvalue weighted by Gasteiger charge is 2.26. The Morgan fingerprint density at radius 1 is 1.33 bits per heavy atom. The number of benzene rings is 1. The Morgan fingerprint density at radius 2 is 2.19 bits per heavy atom. The highest BCUT2D eigenvalue weighted by atomic mass is 35.5. The van der Waals surface area contributed by atoms with E-state index in [1.807, 2.05) is 17.5 Å². The van der Waals surface area contributed by atoms with Gasteiger partial charge >= 0.3 is 0 Å². The lowest BCUT2D eigenvalue weighted by atomic mass is 10.1. The van der Waals surface area contributed by atoms with E-state index in [0.29, 0.717) is 10.8 Å². The molecule has 2 N–H and O–H groups in total. The lowest BCUT2D eigenvalue weighted by Crippen LogP contribution is -2.13. The summed E-state index contributed by atoms with van der Waals surface area (Å²) >= 11 is 7.38. The molecule has 0 unspecified atom stereocenters. The lowest BCUT2D eigenvalue weighted by molar-refractivity contribution is 0.102. The number of hydrogen-bond donors (Lipinski definition) is 2. The van der Waals surface area contributed by atoms with Crippen molar-refractivity contribution in [2.24, 2.45) is 0 Å². The minimum Gasteiger partial charge on any atom is -0.360 e. The minimum absolute atomic E-state index is 0.0207. The van der Waals surface area contributed by atoms with Crippen LogP contribution in [0.5, 0.6) is 0 Å². The monoisotopic (exact) mass is 402 g/mol. The van der Waals surface area contributed by atoms with E-state index >= 15 is 0 Å². The Bertz CT molecular complexity index is 1100. The second kappa shape index (κ2) is 6.98. The number of H-pyrrole nitrogens is 1. The molecule has 0 aliphatic rings. The fraction of sp³-hybridized carbons (Fsp3) is 0.0556. The summed E-state index contributed by atoms with van der Waals surface area (Å²) in [6, 6.07) is 7.98. The van der Waals surface area contributed by atoms with Crippen molar-refractivity contribution in [2.75, 3.05) is 5.32 Å². The van der Waals surface area contributed by atoms with Crippen LogP contribution in [0.4, 0.5) is 9.52 Å². The van der Waals surface area contributed by atoms with E-state index in [0.717, 1.165) is 5.69 Å². The standard InChI is InChI=1S/C18H12ClFN4O2S/c1-9-14(16(24-26-9)15-10(19)4-2-5-11(15)20)17(25)23-18-22-13(8-27-18)12-6-3-7-21-12/h2-8,21H,1H3,(H,22,23,25). The molecule has 4 aromatic rings. The van der Waals surface area contributed by atoms with Crippen LogP contribution < -0.4 is 5.32 Å². The third-order valence-electron chi connectivity index (χ3n) is 3.89. The predicted octanol–water partition coefficient (Wildman–Crippen LogP) is 5.15. The second-order valence-corrected chi connectivity index (χ2v) is 6.90. The molecule has 0 saturated heterocycles. The van der Waals surface area contributed by atoms with Gasteiger partial charge in [-0.15, -0.1) is 11.3 Å². The van der Waals surface area contributed by atoms with Gasteiger partial charge in [-0.2, -0.15) is 0 Å². The number of carbonyl (C=O) groups excluding carboxylic acids is 1. The molecule has 9 heteroatoms. The molecular formula is C18H12ClFN4O2S. The van der Waals surface area contributed by atoms with Gasteiger partial charge in [0.05, 0.1) is 22.0 Å². The Hall–Kier alpha value is -2.97. The van der Waals surface area contributed by atoms with Crippen molar-refractivity contribution in [3.8, 4) is 22.6 Å². The van der Waals surface area contributed by atoms with Crippen molar-refractivity contribution >= 4 is 34.0 Å². The molecule has 0 atom stereocenters. The first-order valence-electron chi connectivity index (χ1n) is 7.86. The van der Waals surface area contributed by atoms with Gasteiger partial charge in [0.15, 0.2) is 5.13 Å². The maximum absolute atomic E-state index is 14.3. The number of hydrogen-bond acceptors (Lipinski definition) is 5. The van der Waals surface area contributed by atoms with Crippen molar-refractivity contribution < 1.29 is 13.7 Å². The summed E-state index contributed by atoms with van der Waals surface area (Å²) in [7, 11) is 0. The van der Waals surface area contributed by atoms with Gasteiger partial charge in [0.2, 0.25) is 0 Å². The van der Waals surface area contributed by atoms with Crippen LogP contribution in [-0.4, -0.2) is 21.0 Å². The molecule has 0 aliphatic carbocycles. The number of nitrogens with zero attached hydrogens (tertiary/aromatic N) is 2. The highest BCUT2D eigenvalue weighted by Crippen LogP contribution is 2.34. The van der Waals surface area contributed by atoms with Crippen molar-refractivity contribution in [1.29, 1.82) is 0 Å². The van der Waals surface area contributed by atoms with Crippen molar-refractivity contribution in [2.45, 2.75) is 6.92 Å². The summed E-state index contributed by atoms with van der Waals surface area (Å²) in [5.41, 5.74) is 1.73. The maximum Gasteiger partial charge on any atom is 0.263 e. The number of rotatable bonds is 4. The van der Waals surface area contributed by atoms with Gasteiger partial charge in [-0.3, -0.25) is 10.1 Å². The lowest BCUT2D eigenvalue weighted by Gasteiger charge is -2.05. The average Bonchev–Trinajstić information content (AvgIpc) is 3.35. The fourth-order valence-corrected chi connectivity index (χ4v) is 3.60. The molecule has 0 spiro atoms. The molecule has 3 heterocycles. The first-order valence-corrected chi connectivity index (χ1v) is 9.11. The van der Waals surface area contributed by atoms with Gasteiger partial charge in [-0.25, -0.2) is 9.37 Å². The van der Waals surface area contributed by atoms with E-state index in [-0.39, 0.29) is 27.6 Å². The van der Waals surface area contributed by atoms with E-state index in [4.69, 9.17) is 16.1 Å². The summed E-state index contributed by atoms with van der Waals surface area (Å²) in [6.45, 7) is 1.58. The van der Waals surface area contributed by atoms with E-state index in [9.17, 15) is 9.18 Å². The smallest absolute Gasteiger partial charge is 0.263 e. The van der Waals surface area contributed by atoms with Crippen LogP contribution in [-0.2, 0) is 0 Å². The number of nitrogens with one attached hydrogen (secondary N) is 2. The van der Waals surface area contributed by atoms with Crippen molar-refractivity contribution in [3.63, 3.8) is 0 Å². The SMILES string of the molecule is Cc1onc(-c2c(F)cccc2Cl)c1C(=O)Nc1nc(-c2ccc[nH]2)cs1. The van der Waals surface area contributed by atoms with E-state index in [1.54, 1.807) is 13.1 Å². The first kappa shape index (κ1) is 17.4. The molecule has 1 aromatic carbocycles. The molecule has 0 bridgehead atoms. The maximum atomic E-state index is 14.3. The van der Waals surface area contributed by atoms with Crippen LogP contribution >= 0.6 is 22.9 Å². The van der Waals surface area contributed by atoms with Crippen LogP contribution in [0.3, 0.4) is 0 Å². The number of thiazole rings is 1. The van der Waals surface area contributed by atoms with E-state index in [2.05, 4.69) is 20.4 Å². The number of aryl methyl sites for hydroxylation is 1.